The van der Waals surface area contributed by atoms with Crippen molar-refractivity contribution in [2.24, 2.45) is 18.9 Å². The number of carbonyl (C=O) groups is 1. The smallest absolute Gasteiger partial charge is 0.228 e. The second kappa shape index (κ2) is 7.43. The van der Waals surface area contributed by atoms with Crippen LogP contribution in [0.3, 0.4) is 0 Å². The van der Waals surface area contributed by atoms with E-state index in [0.29, 0.717) is 29.7 Å². The van der Waals surface area contributed by atoms with Crippen LogP contribution in [0.1, 0.15) is 19.8 Å². The van der Waals surface area contributed by atoms with Crippen molar-refractivity contribution in [3.05, 3.63) is 24.4 Å². The van der Waals surface area contributed by atoms with Crippen LogP contribution in [0.15, 0.2) is 24.4 Å². The third-order valence-corrected chi connectivity index (χ3v) is 7.14. The highest BCUT2D eigenvalue weighted by atomic mass is 16.5. The SMILES string of the molecule is COc1nc(N[C@H]2C[C@@H]3CN(C(C)=O)C[C@@H]3C2)nc2[nH]cc(-c3ccc4nnn(C)c4c3)c12. The fourth-order valence-electron chi connectivity index (χ4n) is 5.50. The van der Waals surface area contributed by atoms with Crippen LogP contribution >= 0.6 is 0 Å². The molecule has 4 heterocycles. The first kappa shape index (κ1) is 20.0. The molecule has 10 nitrogen and oxygen atoms in total. The van der Waals surface area contributed by atoms with E-state index < -0.39 is 0 Å². The van der Waals surface area contributed by atoms with Gasteiger partial charge in [0.1, 0.15) is 11.2 Å². The number of hydrogen-bond donors (Lipinski definition) is 2. The van der Waals surface area contributed by atoms with Crippen molar-refractivity contribution in [2.75, 3.05) is 25.5 Å². The summed E-state index contributed by atoms with van der Waals surface area (Å²) in [5.74, 6) is 2.36. The summed E-state index contributed by atoms with van der Waals surface area (Å²) in [5.41, 5.74) is 4.51. The summed E-state index contributed by atoms with van der Waals surface area (Å²) in [7, 11) is 3.51. The number of hydrogen-bond acceptors (Lipinski definition) is 7. The summed E-state index contributed by atoms with van der Waals surface area (Å²) in [5, 5.41) is 12.6. The molecule has 1 aliphatic carbocycles. The van der Waals surface area contributed by atoms with Gasteiger partial charge in [0.05, 0.1) is 18.0 Å². The Kier molecular flexibility index (Phi) is 4.49. The zero-order valence-corrected chi connectivity index (χ0v) is 18.9. The maximum absolute atomic E-state index is 11.7. The monoisotopic (exact) mass is 446 g/mol. The van der Waals surface area contributed by atoms with Crippen LogP contribution in [-0.4, -0.2) is 67.0 Å². The minimum absolute atomic E-state index is 0.175. The predicted molar refractivity (Wildman–Crippen MR) is 124 cm³/mol. The number of carbonyl (C=O) groups excluding carboxylic acids is 1. The standard InChI is InChI=1S/C23H26N8O2/c1-12(32)31-10-14-6-16(7-15(14)11-31)25-23-26-21-20(22(27-23)33-3)17(9-24-21)13-4-5-18-19(8-13)30(2)29-28-18/h4-5,8-9,14-16H,6-7,10-11H2,1-3H3,(H2,24,25,26,27)/t14-,15+,16+. The van der Waals surface area contributed by atoms with E-state index in [1.807, 2.05) is 30.3 Å². The fraction of sp³-hybridized carbons (Fsp3) is 0.435. The summed E-state index contributed by atoms with van der Waals surface area (Å²) in [4.78, 5) is 26.4. The number of nitrogens with zero attached hydrogens (tertiary/aromatic N) is 6. The van der Waals surface area contributed by atoms with E-state index in [1.54, 1.807) is 18.7 Å². The average molecular weight is 447 g/mol. The summed E-state index contributed by atoms with van der Waals surface area (Å²) >= 11 is 0. The van der Waals surface area contributed by atoms with Gasteiger partial charge < -0.3 is 19.9 Å². The number of aromatic amines is 1. The molecule has 0 radical (unpaired) electrons. The van der Waals surface area contributed by atoms with Crippen molar-refractivity contribution in [1.82, 2.24) is 34.8 Å². The zero-order valence-electron chi connectivity index (χ0n) is 18.9. The van der Waals surface area contributed by atoms with Gasteiger partial charge in [-0.15, -0.1) is 5.10 Å². The molecule has 0 spiro atoms. The number of amides is 1. The van der Waals surface area contributed by atoms with Crippen LogP contribution in [0.5, 0.6) is 5.88 Å². The number of aryl methyl sites for hydroxylation is 1. The van der Waals surface area contributed by atoms with Crippen LogP contribution in [0, 0.1) is 11.8 Å². The number of ether oxygens (including phenoxy) is 1. The van der Waals surface area contributed by atoms with Gasteiger partial charge >= 0.3 is 0 Å². The molecule has 2 N–H and O–H groups in total. The first-order valence-electron chi connectivity index (χ1n) is 11.2. The molecule has 1 aromatic carbocycles. The van der Waals surface area contributed by atoms with Crippen LogP contribution in [0.4, 0.5) is 5.95 Å². The maximum atomic E-state index is 11.7. The Morgan fingerprint density at radius 1 is 1.21 bits per heavy atom. The average Bonchev–Trinajstić information content (AvgIpc) is 3.56. The van der Waals surface area contributed by atoms with E-state index in [-0.39, 0.29) is 5.91 Å². The molecule has 0 unspecified atom stereocenters. The molecule has 2 fully saturated rings. The van der Waals surface area contributed by atoms with Gasteiger partial charge in [0.15, 0.2) is 0 Å². The number of anilines is 1. The van der Waals surface area contributed by atoms with Crippen LogP contribution < -0.4 is 10.1 Å². The minimum Gasteiger partial charge on any atom is -0.480 e. The number of fused-ring (bicyclic) bond motifs is 3. The largest absolute Gasteiger partial charge is 0.480 e. The van der Waals surface area contributed by atoms with Crippen LogP contribution in [0.25, 0.3) is 33.2 Å². The second-order valence-electron chi connectivity index (χ2n) is 9.16. The molecule has 6 rings (SSSR count). The molecular weight excluding hydrogens is 420 g/mol. The Morgan fingerprint density at radius 3 is 2.73 bits per heavy atom. The van der Waals surface area contributed by atoms with Crippen molar-refractivity contribution < 1.29 is 9.53 Å². The topological polar surface area (TPSA) is 114 Å². The number of H-pyrrole nitrogens is 1. The molecule has 0 bridgehead atoms. The van der Waals surface area contributed by atoms with Gasteiger partial charge in [-0.2, -0.15) is 9.97 Å². The highest BCUT2D eigenvalue weighted by molar-refractivity contribution is 5.99. The molecular formula is C23H26N8O2. The normalized spacial score (nSPS) is 22.3. The lowest BCUT2D eigenvalue weighted by molar-refractivity contribution is -0.128. The molecule has 33 heavy (non-hydrogen) atoms. The van der Waals surface area contributed by atoms with E-state index in [0.717, 1.165) is 59.1 Å². The third-order valence-electron chi connectivity index (χ3n) is 7.14. The molecule has 4 aromatic rings. The maximum Gasteiger partial charge on any atom is 0.228 e. The number of methoxy groups -OCH3 is 1. The van der Waals surface area contributed by atoms with Crippen molar-refractivity contribution in [1.29, 1.82) is 0 Å². The van der Waals surface area contributed by atoms with Gasteiger partial charge in [-0.1, -0.05) is 11.3 Å². The molecule has 1 saturated heterocycles. The Labute approximate surface area is 190 Å². The van der Waals surface area contributed by atoms with Crippen LogP contribution in [-0.2, 0) is 11.8 Å². The number of nitrogens with one attached hydrogen (secondary N) is 2. The quantitative estimate of drug-likeness (QED) is 0.495. The zero-order chi connectivity index (χ0) is 22.7. The molecule has 1 aliphatic heterocycles. The van der Waals surface area contributed by atoms with Gasteiger partial charge in [0, 0.05) is 44.9 Å². The van der Waals surface area contributed by atoms with E-state index in [4.69, 9.17) is 9.72 Å². The summed E-state index contributed by atoms with van der Waals surface area (Å²) in [6.45, 7) is 3.37. The molecule has 3 atom stereocenters. The van der Waals surface area contributed by atoms with Crippen molar-refractivity contribution in [2.45, 2.75) is 25.8 Å². The Hall–Kier alpha value is -3.69. The highest BCUT2D eigenvalue weighted by Gasteiger charge is 2.41. The van der Waals surface area contributed by atoms with E-state index in [9.17, 15) is 4.79 Å². The molecule has 1 amide bonds. The Balaban J connectivity index is 1.28. The van der Waals surface area contributed by atoms with Crippen molar-refractivity contribution in [3.63, 3.8) is 0 Å². The van der Waals surface area contributed by atoms with E-state index in [1.165, 1.54) is 0 Å². The first-order chi connectivity index (χ1) is 16.0. The Bertz CT molecular complexity index is 1360. The predicted octanol–water partition coefficient (Wildman–Crippen LogP) is 2.58. The van der Waals surface area contributed by atoms with Crippen molar-refractivity contribution >= 4 is 33.9 Å². The van der Waals surface area contributed by atoms with Crippen molar-refractivity contribution in [3.8, 4) is 17.0 Å². The first-order valence-corrected chi connectivity index (χ1v) is 11.2. The fourth-order valence-corrected chi connectivity index (χ4v) is 5.50. The van der Waals surface area contributed by atoms with Gasteiger partial charge in [-0.3, -0.25) is 4.79 Å². The molecule has 170 valence electrons. The minimum atomic E-state index is 0.175. The number of likely N-dealkylation sites (tertiary alicyclic amines) is 1. The molecule has 3 aromatic heterocycles. The third kappa shape index (κ3) is 3.28. The van der Waals surface area contributed by atoms with Gasteiger partial charge in [-0.05, 0) is 42.4 Å². The van der Waals surface area contributed by atoms with Gasteiger partial charge in [0.25, 0.3) is 0 Å². The Morgan fingerprint density at radius 2 is 2.00 bits per heavy atom. The number of rotatable bonds is 4. The summed E-state index contributed by atoms with van der Waals surface area (Å²) in [6, 6.07) is 6.34. The van der Waals surface area contributed by atoms with E-state index in [2.05, 4.69) is 31.7 Å². The lowest BCUT2D eigenvalue weighted by atomic mass is 10.0. The van der Waals surface area contributed by atoms with Gasteiger partial charge in [0.2, 0.25) is 17.7 Å². The number of aromatic nitrogens is 6. The summed E-state index contributed by atoms with van der Waals surface area (Å²) < 4.78 is 7.44. The van der Waals surface area contributed by atoms with Gasteiger partial charge in [-0.25, -0.2) is 4.68 Å². The summed E-state index contributed by atoms with van der Waals surface area (Å²) in [6.07, 6.45) is 3.98. The molecule has 2 aliphatic rings. The number of benzene rings is 1. The lowest BCUT2D eigenvalue weighted by Crippen LogP contribution is -2.29. The highest BCUT2D eigenvalue weighted by Crippen LogP contribution is 2.40. The van der Waals surface area contributed by atoms with E-state index >= 15 is 0 Å². The lowest BCUT2D eigenvalue weighted by Gasteiger charge is -2.18. The second-order valence-corrected chi connectivity index (χ2v) is 9.16. The molecule has 1 saturated carbocycles. The van der Waals surface area contributed by atoms with Crippen LogP contribution in [0.2, 0.25) is 0 Å². The molecule has 10 heteroatoms.